The molecule has 4 rings (SSSR count). The molecule has 0 saturated carbocycles. The Hall–Kier alpha value is -1.94. The van der Waals surface area contributed by atoms with Crippen molar-refractivity contribution in [2.75, 3.05) is 18.5 Å². The van der Waals surface area contributed by atoms with E-state index in [2.05, 4.69) is 31.2 Å². The Balaban J connectivity index is 1.93. The molecule has 0 spiro atoms. The molecule has 1 amide bonds. The van der Waals surface area contributed by atoms with E-state index < -0.39 is 0 Å². The van der Waals surface area contributed by atoms with Crippen molar-refractivity contribution >= 4 is 28.0 Å². The summed E-state index contributed by atoms with van der Waals surface area (Å²) in [6, 6.07) is 8.49. The third-order valence-electron chi connectivity index (χ3n) is 4.77. The van der Waals surface area contributed by atoms with Gasteiger partial charge in [-0.15, -0.1) is 11.3 Å². The lowest BCUT2D eigenvalue weighted by atomic mass is 9.91. The van der Waals surface area contributed by atoms with Crippen LogP contribution in [0.25, 0.3) is 0 Å². The van der Waals surface area contributed by atoms with E-state index in [1.54, 1.807) is 11.3 Å². The first-order chi connectivity index (χ1) is 11.1. The number of hydrogen-bond acceptors (Lipinski definition) is 3. The fraction of sp³-hybridized carbons (Fsp3) is 0.368. The average Bonchev–Trinajstić information content (AvgIpc) is 2.90. The van der Waals surface area contributed by atoms with Gasteiger partial charge in [-0.05, 0) is 38.2 Å². The molecule has 0 unspecified atom stereocenters. The fourth-order valence-corrected chi connectivity index (χ4v) is 4.79. The number of carbonyl (C=O) groups excluding carboxylic acids is 1. The van der Waals surface area contributed by atoms with E-state index in [1.807, 2.05) is 11.9 Å². The van der Waals surface area contributed by atoms with Gasteiger partial charge in [-0.3, -0.25) is 9.79 Å². The number of rotatable bonds is 1. The smallest absolute Gasteiger partial charge is 0.249 e. The Morgan fingerprint density at radius 2 is 1.87 bits per heavy atom. The highest BCUT2D eigenvalue weighted by Crippen LogP contribution is 2.42. The lowest BCUT2D eigenvalue weighted by Gasteiger charge is -2.16. The molecule has 2 aromatic rings. The highest BCUT2D eigenvalue weighted by Gasteiger charge is 2.30. The molecule has 1 aliphatic carbocycles. The lowest BCUT2D eigenvalue weighted by molar-refractivity contribution is -0.116. The van der Waals surface area contributed by atoms with Gasteiger partial charge in [0.25, 0.3) is 0 Å². The summed E-state index contributed by atoms with van der Waals surface area (Å²) in [5.74, 6) is 0.0759. The molecule has 2 aliphatic rings. The molecule has 118 valence electrons. The normalized spacial score (nSPS) is 17.4. The maximum Gasteiger partial charge on any atom is 0.249 e. The van der Waals surface area contributed by atoms with Crippen LogP contribution in [0, 0.1) is 6.92 Å². The standard InChI is InChI=1S/C19H20N2OS/c1-12-7-9-13(10-8-12)18-17-14-5-3-4-6-15(14)23-19(17)21(2)16(22)11-20-18/h7-10H,3-6,11H2,1-2H3. The minimum Gasteiger partial charge on any atom is -0.305 e. The molecule has 0 fully saturated rings. The number of nitrogens with zero attached hydrogens (tertiary/aromatic N) is 2. The zero-order valence-electron chi connectivity index (χ0n) is 13.6. The van der Waals surface area contributed by atoms with Crippen molar-refractivity contribution in [2.24, 2.45) is 4.99 Å². The molecule has 1 aromatic carbocycles. The van der Waals surface area contributed by atoms with E-state index in [4.69, 9.17) is 4.99 Å². The van der Waals surface area contributed by atoms with Crippen molar-refractivity contribution < 1.29 is 4.79 Å². The summed E-state index contributed by atoms with van der Waals surface area (Å²) in [6.45, 7) is 2.32. The Kier molecular flexibility index (Phi) is 3.57. The van der Waals surface area contributed by atoms with E-state index in [1.165, 1.54) is 34.4 Å². The Labute approximate surface area is 140 Å². The topological polar surface area (TPSA) is 32.7 Å². The molecule has 0 bridgehead atoms. The summed E-state index contributed by atoms with van der Waals surface area (Å²) < 4.78 is 0. The van der Waals surface area contributed by atoms with Crippen LogP contribution < -0.4 is 4.90 Å². The van der Waals surface area contributed by atoms with E-state index in [0.29, 0.717) is 0 Å². The van der Waals surface area contributed by atoms with Gasteiger partial charge in [0.15, 0.2) is 0 Å². The van der Waals surface area contributed by atoms with Crippen LogP contribution in [0.15, 0.2) is 29.3 Å². The monoisotopic (exact) mass is 324 g/mol. The van der Waals surface area contributed by atoms with Crippen molar-refractivity contribution in [1.29, 1.82) is 0 Å². The van der Waals surface area contributed by atoms with Gasteiger partial charge >= 0.3 is 0 Å². The summed E-state index contributed by atoms with van der Waals surface area (Å²) in [5.41, 5.74) is 5.99. The van der Waals surface area contributed by atoms with Gasteiger partial charge in [-0.2, -0.15) is 0 Å². The largest absolute Gasteiger partial charge is 0.305 e. The van der Waals surface area contributed by atoms with Gasteiger partial charge < -0.3 is 4.90 Å². The van der Waals surface area contributed by atoms with E-state index in [-0.39, 0.29) is 12.5 Å². The first kappa shape index (κ1) is 14.6. The van der Waals surface area contributed by atoms with Crippen LogP contribution in [-0.2, 0) is 17.6 Å². The number of aryl methyl sites for hydroxylation is 2. The number of likely N-dealkylation sites (N-methyl/N-ethyl adjacent to an activating group) is 1. The van der Waals surface area contributed by atoms with E-state index in [0.717, 1.165) is 29.1 Å². The van der Waals surface area contributed by atoms with Gasteiger partial charge in [0, 0.05) is 23.1 Å². The van der Waals surface area contributed by atoms with Gasteiger partial charge in [-0.1, -0.05) is 29.8 Å². The van der Waals surface area contributed by atoms with Crippen LogP contribution in [0.3, 0.4) is 0 Å². The molecule has 0 atom stereocenters. The molecule has 2 heterocycles. The number of amides is 1. The number of benzene rings is 1. The quantitative estimate of drug-likeness (QED) is 0.786. The maximum atomic E-state index is 12.3. The number of fused-ring (bicyclic) bond motifs is 3. The molecule has 3 nitrogen and oxygen atoms in total. The fourth-order valence-electron chi connectivity index (χ4n) is 3.42. The Morgan fingerprint density at radius 1 is 1.13 bits per heavy atom. The third kappa shape index (κ3) is 2.41. The molecule has 0 radical (unpaired) electrons. The predicted octanol–water partition coefficient (Wildman–Crippen LogP) is 3.75. The summed E-state index contributed by atoms with van der Waals surface area (Å²) >= 11 is 1.79. The Bertz CT molecular complexity index is 802. The van der Waals surface area contributed by atoms with Gasteiger partial charge in [0.05, 0.1) is 5.71 Å². The minimum absolute atomic E-state index is 0.0759. The first-order valence-electron chi connectivity index (χ1n) is 8.18. The van der Waals surface area contributed by atoms with Crippen molar-refractivity contribution in [2.45, 2.75) is 32.6 Å². The number of thiophene rings is 1. The van der Waals surface area contributed by atoms with Crippen LogP contribution >= 0.6 is 11.3 Å². The molecule has 4 heteroatoms. The number of hydrogen-bond donors (Lipinski definition) is 0. The van der Waals surface area contributed by atoms with Crippen LogP contribution in [0.1, 0.15) is 40.0 Å². The lowest BCUT2D eigenvalue weighted by Crippen LogP contribution is -2.26. The highest BCUT2D eigenvalue weighted by atomic mass is 32.1. The third-order valence-corrected chi connectivity index (χ3v) is 6.13. The summed E-state index contributed by atoms with van der Waals surface area (Å²) in [5, 5.41) is 1.08. The second-order valence-electron chi connectivity index (χ2n) is 6.37. The predicted molar refractivity (Wildman–Crippen MR) is 96.1 cm³/mol. The SMILES string of the molecule is Cc1ccc(C2=NCC(=O)N(C)c3sc4c(c32)CCCC4)cc1. The highest BCUT2D eigenvalue weighted by molar-refractivity contribution is 7.17. The number of carbonyl (C=O) groups is 1. The molecule has 0 saturated heterocycles. The van der Waals surface area contributed by atoms with Gasteiger partial charge in [0.2, 0.25) is 5.91 Å². The van der Waals surface area contributed by atoms with Crippen LogP contribution in [0.4, 0.5) is 5.00 Å². The minimum atomic E-state index is 0.0759. The zero-order valence-corrected chi connectivity index (χ0v) is 14.4. The summed E-state index contributed by atoms with van der Waals surface area (Å²) in [7, 11) is 1.89. The van der Waals surface area contributed by atoms with Crippen LogP contribution in [0.5, 0.6) is 0 Å². The molecular formula is C19H20N2OS. The van der Waals surface area contributed by atoms with Crippen molar-refractivity contribution in [3.63, 3.8) is 0 Å². The number of anilines is 1. The van der Waals surface area contributed by atoms with Crippen molar-refractivity contribution in [3.05, 3.63) is 51.4 Å². The molecule has 23 heavy (non-hydrogen) atoms. The molecule has 1 aromatic heterocycles. The summed E-state index contributed by atoms with van der Waals surface area (Å²) in [6.07, 6.45) is 4.72. The van der Waals surface area contributed by atoms with Gasteiger partial charge in [-0.25, -0.2) is 0 Å². The van der Waals surface area contributed by atoms with E-state index in [9.17, 15) is 4.79 Å². The van der Waals surface area contributed by atoms with Gasteiger partial charge in [0.1, 0.15) is 11.5 Å². The Morgan fingerprint density at radius 3 is 2.65 bits per heavy atom. The number of aliphatic imine (C=N–C) groups is 1. The first-order valence-corrected chi connectivity index (χ1v) is 9.00. The van der Waals surface area contributed by atoms with Crippen LogP contribution in [0.2, 0.25) is 0 Å². The zero-order chi connectivity index (χ0) is 16.0. The summed E-state index contributed by atoms with van der Waals surface area (Å²) in [4.78, 5) is 20.3. The average molecular weight is 324 g/mol. The van der Waals surface area contributed by atoms with Crippen LogP contribution in [-0.4, -0.2) is 25.2 Å². The van der Waals surface area contributed by atoms with Crippen molar-refractivity contribution in [3.8, 4) is 0 Å². The van der Waals surface area contributed by atoms with Crippen molar-refractivity contribution in [1.82, 2.24) is 0 Å². The van der Waals surface area contributed by atoms with E-state index >= 15 is 0 Å². The second kappa shape index (κ2) is 5.60. The second-order valence-corrected chi connectivity index (χ2v) is 7.46. The molecule has 1 aliphatic heterocycles. The maximum absolute atomic E-state index is 12.3. The molecule has 0 N–H and O–H groups in total. The molecular weight excluding hydrogens is 304 g/mol.